The van der Waals surface area contributed by atoms with Gasteiger partial charge in [-0.25, -0.2) is 4.79 Å². The number of aliphatic hydroxyl groups is 1. The van der Waals surface area contributed by atoms with E-state index < -0.39 is 6.10 Å². The third-order valence-electron chi connectivity index (χ3n) is 3.21. The highest BCUT2D eigenvalue weighted by molar-refractivity contribution is 7.10. The summed E-state index contributed by atoms with van der Waals surface area (Å²) in [6.07, 6.45) is 1.43. The minimum atomic E-state index is -0.685. The van der Waals surface area contributed by atoms with E-state index in [4.69, 9.17) is 4.74 Å². The summed E-state index contributed by atoms with van der Waals surface area (Å²) in [6.45, 7) is 2.99. The molecule has 0 saturated heterocycles. The molecule has 0 fully saturated rings. The second-order valence-electron chi connectivity index (χ2n) is 5.09. The van der Waals surface area contributed by atoms with Gasteiger partial charge in [0.2, 0.25) is 0 Å². The van der Waals surface area contributed by atoms with Crippen molar-refractivity contribution in [3.8, 4) is 5.75 Å². The Bertz CT molecular complexity index is 584. The molecule has 6 heteroatoms. The lowest BCUT2D eigenvalue weighted by molar-refractivity contribution is 0.178. The summed E-state index contributed by atoms with van der Waals surface area (Å²) < 4.78 is 5.57. The average Bonchev–Trinajstić information content (AvgIpc) is 3.09. The van der Waals surface area contributed by atoms with Crippen molar-refractivity contribution in [1.82, 2.24) is 5.32 Å². The maximum absolute atomic E-state index is 11.8. The predicted molar refractivity (Wildman–Crippen MR) is 93.1 cm³/mol. The van der Waals surface area contributed by atoms with Gasteiger partial charge in [-0.15, -0.1) is 11.3 Å². The summed E-state index contributed by atoms with van der Waals surface area (Å²) in [5, 5.41) is 17.2. The van der Waals surface area contributed by atoms with Gasteiger partial charge >= 0.3 is 6.03 Å². The molecule has 0 radical (unpaired) electrons. The molecule has 1 atom stereocenters. The number of anilines is 1. The van der Waals surface area contributed by atoms with Crippen LogP contribution in [-0.2, 0) is 0 Å². The van der Waals surface area contributed by atoms with Crippen LogP contribution < -0.4 is 15.4 Å². The number of amides is 2. The van der Waals surface area contributed by atoms with E-state index >= 15 is 0 Å². The SMILES string of the molecule is CCCCOc1ccc(NC(=O)NC[C@H](O)c2cccs2)cc1. The molecule has 0 aliphatic heterocycles. The summed E-state index contributed by atoms with van der Waals surface area (Å²) in [7, 11) is 0. The molecule has 124 valence electrons. The highest BCUT2D eigenvalue weighted by Crippen LogP contribution is 2.18. The number of carbonyl (C=O) groups excluding carboxylic acids is 1. The normalized spacial score (nSPS) is 11.7. The van der Waals surface area contributed by atoms with Gasteiger partial charge in [0.25, 0.3) is 0 Å². The lowest BCUT2D eigenvalue weighted by atomic mass is 10.3. The van der Waals surface area contributed by atoms with E-state index in [2.05, 4.69) is 17.6 Å². The fraction of sp³-hybridized carbons (Fsp3) is 0.353. The molecule has 3 N–H and O–H groups in total. The standard InChI is InChI=1S/C17H22N2O3S/c1-2-3-10-22-14-8-6-13(7-9-14)19-17(21)18-12-15(20)16-5-4-11-23-16/h4-9,11,15,20H,2-3,10,12H2,1H3,(H2,18,19,21)/t15-/m0/s1. The van der Waals surface area contributed by atoms with Crippen LogP contribution in [0.25, 0.3) is 0 Å². The average molecular weight is 334 g/mol. The molecule has 0 aliphatic carbocycles. The van der Waals surface area contributed by atoms with Crippen LogP contribution in [0.1, 0.15) is 30.7 Å². The molecular weight excluding hydrogens is 312 g/mol. The number of ether oxygens (including phenoxy) is 1. The zero-order chi connectivity index (χ0) is 16.5. The van der Waals surface area contributed by atoms with Gasteiger partial charge < -0.3 is 20.5 Å². The van der Waals surface area contributed by atoms with Crippen LogP contribution in [0.15, 0.2) is 41.8 Å². The van der Waals surface area contributed by atoms with E-state index in [1.54, 1.807) is 12.1 Å². The first-order valence-electron chi connectivity index (χ1n) is 7.68. The fourth-order valence-electron chi connectivity index (χ4n) is 1.91. The molecule has 0 saturated carbocycles. The van der Waals surface area contributed by atoms with Crippen molar-refractivity contribution < 1.29 is 14.6 Å². The molecule has 0 aliphatic rings. The number of unbranched alkanes of at least 4 members (excludes halogenated alkanes) is 1. The number of hydrogen-bond acceptors (Lipinski definition) is 4. The zero-order valence-corrected chi connectivity index (χ0v) is 13.9. The summed E-state index contributed by atoms with van der Waals surface area (Å²) in [5.41, 5.74) is 0.677. The molecule has 0 bridgehead atoms. The molecule has 5 nitrogen and oxygen atoms in total. The van der Waals surface area contributed by atoms with Crippen molar-refractivity contribution in [2.24, 2.45) is 0 Å². The molecule has 2 rings (SSSR count). The number of rotatable bonds is 8. The van der Waals surface area contributed by atoms with Crippen LogP contribution >= 0.6 is 11.3 Å². The number of aliphatic hydroxyl groups excluding tert-OH is 1. The highest BCUT2D eigenvalue weighted by atomic mass is 32.1. The smallest absolute Gasteiger partial charge is 0.319 e. The number of nitrogens with one attached hydrogen (secondary N) is 2. The maximum atomic E-state index is 11.8. The second kappa shape index (κ2) is 9.17. The van der Waals surface area contributed by atoms with E-state index in [-0.39, 0.29) is 12.6 Å². The fourth-order valence-corrected chi connectivity index (χ4v) is 2.63. The molecule has 1 aromatic heterocycles. The van der Waals surface area contributed by atoms with E-state index in [1.165, 1.54) is 11.3 Å². The molecule has 1 heterocycles. The van der Waals surface area contributed by atoms with Crippen molar-refractivity contribution in [3.63, 3.8) is 0 Å². The first-order chi connectivity index (χ1) is 11.2. The van der Waals surface area contributed by atoms with Crippen LogP contribution in [0, 0.1) is 0 Å². The summed E-state index contributed by atoms with van der Waals surface area (Å²) in [5.74, 6) is 0.789. The number of carbonyl (C=O) groups is 1. The van der Waals surface area contributed by atoms with Crippen molar-refractivity contribution >= 4 is 23.1 Å². The van der Waals surface area contributed by atoms with Crippen molar-refractivity contribution in [2.45, 2.75) is 25.9 Å². The molecule has 2 aromatic rings. The lowest BCUT2D eigenvalue weighted by Crippen LogP contribution is -2.32. The Morgan fingerprint density at radius 1 is 1.30 bits per heavy atom. The third-order valence-corrected chi connectivity index (χ3v) is 4.18. The van der Waals surface area contributed by atoms with Gasteiger partial charge in [0.05, 0.1) is 13.2 Å². The van der Waals surface area contributed by atoms with E-state index in [9.17, 15) is 9.90 Å². The van der Waals surface area contributed by atoms with Crippen molar-refractivity contribution in [3.05, 3.63) is 46.7 Å². The number of hydrogen-bond donors (Lipinski definition) is 3. The van der Waals surface area contributed by atoms with Gasteiger partial charge in [-0.3, -0.25) is 0 Å². The minimum absolute atomic E-state index is 0.171. The quantitative estimate of drug-likeness (QED) is 0.643. The number of benzene rings is 1. The van der Waals surface area contributed by atoms with Crippen molar-refractivity contribution in [1.29, 1.82) is 0 Å². The van der Waals surface area contributed by atoms with Crippen LogP contribution in [0.5, 0.6) is 5.75 Å². The van der Waals surface area contributed by atoms with E-state index in [0.717, 1.165) is 23.5 Å². The Labute approximate surface area is 140 Å². The monoisotopic (exact) mass is 334 g/mol. The van der Waals surface area contributed by atoms with Gasteiger partial charge in [-0.2, -0.15) is 0 Å². The summed E-state index contributed by atoms with van der Waals surface area (Å²) in [4.78, 5) is 12.7. The number of thiophene rings is 1. The molecule has 1 aromatic carbocycles. The Balaban J connectivity index is 1.74. The topological polar surface area (TPSA) is 70.6 Å². The Morgan fingerprint density at radius 3 is 2.74 bits per heavy atom. The molecule has 2 amide bonds. The van der Waals surface area contributed by atoms with Gasteiger partial charge in [0.1, 0.15) is 11.9 Å². The molecule has 0 unspecified atom stereocenters. The molecule has 23 heavy (non-hydrogen) atoms. The second-order valence-corrected chi connectivity index (χ2v) is 6.07. The Hall–Kier alpha value is -2.05. The Morgan fingerprint density at radius 2 is 2.09 bits per heavy atom. The van der Waals surface area contributed by atoms with Crippen LogP contribution in [0.2, 0.25) is 0 Å². The van der Waals surface area contributed by atoms with Gasteiger partial charge in [0, 0.05) is 10.6 Å². The summed E-state index contributed by atoms with van der Waals surface area (Å²) in [6, 6.07) is 10.6. The molecular formula is C17H22N2O3S. The lowest BCUT2D eigenvalue weighted by Gasteiger charge is -2.12. The van der Waals surface area contributed by atoms with Gasteiger partial charge in [-0.05, 0) is 42.1 Å². The summed E-state index contributed by atoms with van der Waals surface area (Å²) >= 11 is 1.46. The third kappa shape index (κ3) is 5.92. The first-order valence-corrected chi connectivity index (χ1v) is 8.56. The first kappa shape index (κ1) is 17.3. The van der Waals surface area contributed by atoms with Crippen LogP contribution in [0.3, 0.4) is 0 Å². The largest absolute Gasteiger partial charge is 0.494 e. The molecule has 0 spiro atoms. The van der Waals surface area contributed by atoms with Crippen molar-refractivity contribution in [2.75, 3.05) is 18.5 Å². The zero-order valence-electron chi connectivity index (χ0n) is 13.1. The predicted octanol–water partition coefficient (Wildman–Crippen LogP) is 3.78. The highest BCUT2D eigenvalue weighted by Gasteiger charge is 2.10. The van der Waals surface area contributed by atoms with Gasteiger partial charge in [0.15, 0.2) is 0 Å². The minimum Gasteiger partial charge on any atom is -0.494 e. The van der Waals surface area contributed by atoms with Crippen LogP contribution in [-0.4, -0.2) is 24.3 Å². The van der Waals surface area contributed by atoms with Crippen LogP contribution in [0.4, 0.5) is 10.5 Å². The maximum Gasteiger partial charge on any atom is 0.319 e. The van der Waals surface area contributed by atoms with Gasteiger partial charge in [-0.1, -0.05) is 19.4 Å². The van der Waals surface area contributed by atoms with E-state index in [0.29, 0.717) is 12.3 Å². The Kier molecular flexibility index (Phi) is 6.90. The number of urea groups is 1. The van der Waals surface area contributed by atoms with E-state index in [1.807, 2.05) is 29.6 Å².